The lowest BCUT2D eigenvalue weighted by atomic mass is 10.2. The Morgan fingerprint density at radius 1 is 1.11 bits per heavy atom. The molecule has 0 aliphatic carbocycles. The van der Waals surface area contributed by atoms with Gasteiger partial charge in [-0.2, -0.15) is 5.26 Å². The summed E-state index contributed by atoms with van der Waals surface area (Å²) in [5.41, 5.74) is 1.81. The molecule has 0 heterocycles. The topological polar surface area (TPSA) is 35.8 Å². The van der Waals surface area contributed by atoms with Crippen molar-refractivity contribution in [3.05, 3.63) is 63.4 Å². The van der Waals surface area contributed by atoms with Gasteiger partial charge in [0.2, 0.25) is 0 Å². The second-order valence-corrected chi connectivity index (χ2v) is 4.71. The fourth-order valence-corrected chi connectivity index (χ4v) is 2.00. The van der Waals surface area contributed by atoms with Gasteiger partial charge in [0.1, 0.15) is 11.9 Å². The first kappa shape index (κ1) is 13.7. The van der Waals surface area contributed by atoms with E-state index in [1.165, 1.54) is 18.2 Å². The fraction of sp³-hybridized carbons (Fsp3) is 0.0714. The molecule has 0 spiro atoms. The van der Waals surface area contributed by atoms with Crippen LogP contribution in [0, 0.1) is 17.1 Å². The molecule has 0 saturated heterocycles. The lowest BCUT2D eigenvalue weighted by molar-refractivity contribution is 0.626. The molecule has 2 aromatic rings. The monoisotopic (exact) mass is 294 g/mol. The molecule has 0 bridgehead atoms. The SMILES string of the molecule is N#Cc1ccc(NCc2cc(F)ccc2Cl)cc1Cl. The highest BCUT2D eigenvalue weighted by Crippen LogP contribution is 2.22. The summed E-state index contributed by atoms with van der Waals surface area (Å²) in [5, 5.41) is 12.7. The molecule has 0 fully saturated rings. The first-order chi connectivity index (χ1) is 9.10. The van der Waals surface area contributed by atoms with E-state index in [-0.39, 0.29) is 5.82 Å². The van der Waals surface area contributed by atoms with Gasteiger partial charge in [0.05, 0.1) is 10.6 Å². The molecule has 2 nitrogen and oxygen atoms in total. The Morgan fingerprint density at radius 2 is 1.89 bits per heavy atom. The van der Waals surface area contributed by atoms with Gasteiger partial charge in [-0.25, -0.2) is 4.39 Å². The lowest BCUT2D eigenvalue weighted by Crippen LogP contribution is -2.00. The Labute approximate surface area is 120 Å². The highest BCUT2D eigenvalue weighted by molar-refractivity contribution is 6.32. The molecule has 2 aromatic carbocycles. The van der Waals surface area contributed by atoms with Gasteiger partial charge >= 0.3 is 0 Å². The zero-order valence-electron chi connectivity index (χ0n) is 9.75. The van der Waals surface area contributed by atoms with E-state index in [1.807, 2.05) is 6.07 Å². The predicted molar refractivity (Wildman–Crippen MR) is 74.9 cm³/mol. The summed E-state index contributed by atoms with van der Waals surface area (Å²) in [7, 11) is 0. The van der Waals surface area contributed by atoms with Gasteiger partial charge in [0.15, 0.2) is 0 Å². The number of benzene rings is 2. The largest absolute Gasteiger partial charge is 0.381 e. The maximum absolute atomic E-state index is 13.1. The van der Waals surface area contributed by atoms with Crippen molar-refractivity contribution >= 4 is 28.9 Å². The number of anilines is 1. The summed E-state index contributed by atoms with van der Waals surface area (Å²) < 4.78 is 13.1. The van der Waals surface area contributed by atoms with Crippen LogP contribution in [0.2, 0.25) is 10.0 Å². The molecule has 19 heavy (non-hydrogen) atoms. The zero-order valence-corrected chi connectivity index (χ0v) is 11.3. The van der Waals surface area contributed by atoms with E-state index in [0.29, 0.717) is 27.7 Å². The third-order valence-corrected chi connectivity index (χ3v) is 3.26. The van der Waals surface area contributed by atoms with Crippen LogP contribution in [-0.4, -0.2) is 0 Å². The number of nitriles is 1. The number of hydrogen-bond acceptors (Lipinski definition) is 2. The Balaban J connectivity index is 2.13. The minimum atomic E-state index is -0.334. The molecule has 5 heteroatoms. The first-order valence-electron chi connectivity index (χ1n) is 5.47. The molecule has 0 saturated carbocycles. The third-order valence-electron chi connectivity index (χ3n) is 2.58. The van der Waals surface area contributed by atoms with Crippen molar-refractivity contribution in [1.82, 2.24) is 0 Å². The van der Waals surface area contributed by atoms with E-state index < -0.39 is 0 Å². The molecule has 0 radical (unpaired) electrons. The molecule has 0 aromatic heterocycles. The number of nitrogens with one attached hydrogen (secondary N) is 1. The normalized spacial score (nSPS) is 10.0. The quantitative estimate of drug-likeness (QED) is 0.897. The van der Waals surface area contributed by atoms with Gasteiger partial charge in [-0.15, -0.1) is 0 Å². The molecule has 0 unspecified atom stereocenters. The smallest absolute Gasteiger partial charge is 0.123 e. The van der Waals surface area contributed by atoms with Gasteiger partial charge in [-0.3, -0.25) is 0 Å². The van der Waals surface area contributed by atoms with Crippen molar-refractivity contribution in [3.63, 3.8) is 0 Å². The van der Waals surface area contributed by atoms with Crippen LogP contribution < -0.4 is 5.32 Å². The maximum atomic E-state index is 13.1. The molecule has 96 valence electrons. The molecule has 0 amide bonds. The van der Waals surface area contributed by atoms with Crippen LogP contribution in [0.5, 0.6) is 0 Å². The molecular weight excluding hydrogens is 286 g/mol. The molecule has 0 atom stereocenters. The Hall–Kier alpha value is -1.76. The summed E-state index contributed by atoms with van der Waals surface area (Å²) in [5.74, 6) is -0.334. The lowest BCUT2D eigenvalue weighted by Gasteiger charge is -2.09. The van der Waals surface area contributed by atoms with Crippen molar-refractivity contribution in [2.45, 2.75) is 6.54 Å². The minimum Gasteiger partial charge on any atom is -0.381 e. The van der Waals surface area contributed by atoms with E-state index in [1.54, 1.807) is 18.2 Å². The molecule has 2 rings (SSSR count). The van der Waals surface area contributed by atoms with Crippen molar-refractivity contribution in [3.8, 4) is 6.07 Å². The van der Waals surface area contributed by atoms with Crippen molar-refractivity contribution in [1.29, 1.82) is 5.26 Å². The summed E-state index contributed by atoms with van der Waals surface area (Å²) in [6.45, 7) is 0.374. The third kappa shape index (κ3) is 3.37. The van der Waals surface area contributed by atoms with E-state index >= 15 is 0 Å². The van der Waals surface area contributed by atoms with Gasteiger partial charge < -0.3 is 5.32 Å². The van der Waals surface area contributed by atoms with E-state index in [2.05, 4.69) is 5.32 Å². The summed E-state index contributed by atoms with van der Waals surface area (Å²) in [6, 6.07) is 11.2. The maximum Gasteiger partial charge on any atom is 0.123 e. The molecule has 0 aliphatic rings. The average Bonchev–Trinajstić information content (AvgIpc) is 2.40. The highest BCUT2D eigenvalue weighted by Gasteiger charge is 2.04. The van der Waals surface area contributed by atoms with Crippen LogP contribution in [0.4, 0.5) is 10.1 Å². The van der Waals surface area contributed by atoms with Crippen LogP contribution in [0.25, 0.3) is 0 Å². The number of rotatable bonds is 3. The van der Waals surface area contributed by atoms with E-state index in [9.17, 15) is 4.39 Å². The molecular formula is C14H9Cl2FN2. The Bertz CT molecular complexity index is 650. The fourth-order valence-electron chi connectivity index (χ4n) is 1.59. The molecule has 0 aliphatic heterocycles. The average molecular weight is 295 g/mol. The van der Waals surface area contributed by atoms with Crippen LogP contribution in [0.3, 0.4) is 0 Å². The summed E-state index contributed by atoms with van der Waals surface area (Å²) in [6.07, 6.45) is 0. The standard InChI is InChI=1S/C14H9Cl2FN2/c15-13-4-2-11(17)5-10(13)8-19-12-3-1-9(7-18)14(16)6-12/h1-6,19H,8H2. The van der Waals surface area contributed by atoms with Crippen molar-refractivity contribution < 1.29 is 4.39 Å². The summed E-state index contributed by atoms with van der Waals surface area (Å²) >= 11 is 11.9. The van der Waals surface area contributed by atoms with Gasteiger partial charge in [0, 0.05) is 17.3 Å². The van der Waals surface area contributed by atoms with Crippen LogP contribution in [0.1, 0.15) is 11.1 Å². The molecule has 1 N–H and O–H groups in total. The zero-order chi connectivity index (χ0) is 13.8. The summed E-state index contributed by atoms with van der Waals surface area (Å²) in [4.78, 5) is 0. The second kappa shape index (κ2) is 5.92. The number of hydrogen-bond donors (Lipinski definition) is 1. The predicted octanol–water partition coefficient (Wildman–Crippen LogP) is 4.62. The Morgan fingerprint density at radius 3 is 2.58 bits per heavy atom. The highest BCUT2D eigenvalue weighted by atomic mass is 35.5. The van der Waals surface area contributed by atoms with Crippen LogP contribution >= 0.6 is 23.2 Å². The van der Waals surface area contributed by atoms with Gasteiger partial charge in [-0.05, 0) is 42.0 Å². The van der Waals surface area contributed by atoms with E-state index in [4.69, 9.17) is 28.5 Å². The van der Waals surface area contributed by atoms with Gasteiger partial charge in [0.25, 0.3) is 0 Å². The number of nitrogens with zero attached hydrogens (tertiary/aromatic N) is 1. The van der Waals surface area contributed by atoms with Crippen LogP contribution in [0.15, 0.2) is 36.4 Å². The first-order valence-corrected chi connectivity index (χ1v) is 6.23. The van der Waals surface area contributed by atoms with E-state index in [0.717, 1.165) is 5.69 Å². The van der Waals surface area contributed by atoms with Crippen LogP contribution in [-0.2, 0) is 6.54 Å². The Kier molecular flexibility index (Phi) is 4.26. The second-order valence-electron chi connectivity index (χ2n) is 3.90. The number of halogens is 3. The van der Waals surface area contributed by atoms with Crippen molar-refractivity contribution in [2.75, 3.05) is 5.32 Å². The van der Waals surface area contributed by atoms with Gasteiger partial charge in [-0.1, -0.05) is 23.2 Å². The minimum absolute atomic E-state index is 0.334. The van der Waals surface area contributed by atoms with Crippen molar-refractivity contribution in [2.24, 2.45) is 0 Å².